The van der Waals surface area contributed by atoms with Crippen LogP contribution in [0.5, 0.6) is 0 Å². The minimum absolute atomic E-state index is 0.855. The molecule has 1 rings (SSSR count). The summed E-state index contributed by atoms with van der Waals surface area (Å²) >= 11 is 0. The highest BCUT2D eigenvalue weighted by Gasteiger charge is 2.09. The van der Waals surface area contributed by atoms with E-state index in [1.54, 1.807) is 0 Å². The molecule has 1 aromatic heterocycles. The van der Waals surface area contributed by atoms with Gasteiger partial charge in [0.25, 0.3) is 0 Å². The molecule has 0 amide bonds. The third-order valence-electron chi connectivity index (χ3n) is 3.13. The molecule has 20 heavy (non-hydrogen) atoms. The van der Waals surface area contributed by atoms with Gasteiger partial charge in [-0.3, -0.25) is 0 Å². The molecule has 0 unspecified atom stereocenters. The number of nitrogens with one attached hydrogen (secondary N) is 2. The zero-order chi connectivity index (χ0) is 15.0. The Morgan fingerprint density at radius 2 is 1.60 bits per heavy atom. The number of rotatable bonds is 9. The Balaban J connectivity index is 2.72. The summed E-state index contributed by atoms with van der Waals surface area (Å²) in [6.45, 7) is 9.28. The summed E-state index contributed by atoms with van der Waals surface area (Å²) in [5.41, 5.74) is 1.11. The molecule has 0 spiro atoms. The molecule has 5 nitrogen and oxygen atoms in total. The summed E-state index contributed by atoms with van der Waals surface area (Å²) in [5.74, 6) is 2.83. The van der Waals surface area contributed by atoms with Crippen LogP contribution in [0.15, 0.2) is 0 Å². The molecule has 0 saturated carbocycles. The molecule has 5 heteroatoms. The van der Waals surface area contributed by atoms with Crippen LogP contribution in [0.1, 0.15) is 38.1 Å². The van der Waals surface area contributed by atoms with Crippen LogP contribution in [0.3, 0.4) is 0 Å². The first kappa shape index (κ1) is 16.7. The Kier molecular flexibility index (Phi) is 7.30. The van der Waals surface area contributed by atoms with Gasteiger partial charge in [-0.1, -0.05) is 13.8 Å². The number of hydrogen-bond acceptors (Lipinski definition) is 5. The summed E-state index contributed by atoms with van der Waals surface area (Å²) in [7, 11) is 4.19. The fourth-order valence-corrected chi connectivity index (χ4v) is 1.91. The van der Waals surface area contributed by atoms with Gasteiger partial charge in [0.15, 0.2) is 0 Å². The second-order valence-electron chi connectivity index (χ2n) is 5.33. The van der Waals surface area contributed by atoms with E-state index in [1.807, 2.05) is 0 Å². The monoisotopic (exact) mass is 279 g/mol. The Morgan fingerprint density at radius 3 is 2.10 bits per heavy atom. The predicted octanol–water partition coefficient (Wildman–Crippen LogP) is 2.53. The van der Waals surface area contributed by atoms with Crippen molar-refractivity contribution in [3.05, 3.63) is 11.4 Å². The third kappa shape index (κ3) is 5.33. The van der Waals surface area contributed by atoms with Gasteiger partial charge in [-0.2, -0.15) is 0 Å². The Labute approximate surface area is 123 Å². The maximum absolute atomic E-state index is 4.60. The van der Waals surface area contributed by atoms with Gasteiger partial charge in [-0.15, -0.1) is 0 Å². The summed E-state index contributed by atoms with van der Waals surface area (Å²) in [6, 6.07) is 0. The van der Waals surface area contributed by atoms with Crippen LogP contribution in [-0.2, 0) is 6.42 Å². The molecular formula is C15H29N5. The van der Waals surface area contributed by atoms with Crippen molar-refractivity contribution in [1.29, 1.82) is 0 Å². The zero-order valence-electron chi connectivity index (χ0n) is 13.6. The number of nitrogens with zero attached hydrogens (tertiary/aromatic N) is 3. The summed E-state index contributed by atoms with van der Waals surface area (Å²) in [6.07, 6.45) is 3.06. The number of aryl methyl sites for hydroxylation is 1. The van der Waals surface area contributed by atoms with E-state index in [9.17, 15) is 0 Å². The third-order valence-corrected chi connectivity index (χ3v) is 3.13. The molecule has 1 aromatic rings. The molecule has 0 bridgehead atoms. The molecule has 1 heterocycles. The molecule has 114 valence electrons. The van der Waals surface area contributed by atoms with Gasteiger partial charge in [0, 0.05) is 25.1 Å². The molecule has 0 aliphatic carbocycles. The number of aromatic nitrogens is 2. The Bertz CT molecular complexity index is 403. The van der Waals surface area contributed by atoms with Gasteiger partial charge in [0.1, 0.15) is 17.5 Å². The topological polar surface area (TPSA) is 53.1 Å². The van der Waals surface area contributed by atoms with E-state index in [0.29, 0.717) is 0 Å². The Hall–Kier alpha value is -1.36. The summed E-state index contributed by atoms with van der Waals surface area (Å²) in [4.78, 5) is 11.4. The van der Waals surface area contributed by atoms with E-state index in [2.05, 4.69) is 60.4 Å². The highest BCUT2D eigenvalue weighted by molar-refractivity contribution is 5.57. The van der Waals surface area contributed by atoms with Crippen molar-refractivity contribution >= 4 is 11.6 Å². The first-order valence-corrected chi connectivity index (χ1v) is 7.58. The van der Waals surface area contributed by atoms with Crippen molar-refractivity contribution in [1.82, 2.24) is 14.9 Å². The van der Waals surface area contributed by atoms with Crippen LogP contribution in [0, 0.1) is 6.92 Å². The van der Waals surface area contributed by atoms with Crippen molar-refractivity contribution in [3.8, 4) is 0 Å². The van der Waals surface area contributed by atoms with Crippen LogP contribution in [0.4, 0.5) is 11.6 Å². The average Bonchev–Trinajstić information content (AvgIpc) is 2.43. The van der Waals surface area contributed by atoms with Crippen LogP contribution < -0.4 is 10.6 Å². The second kappa shape index (κ2) is 8.74. The molecule has 0 atom stereocenters. The van der Waals surface area contributed by atoms with Crippen molar-refractivity contribution in [2.45, 2.75) is 40.0 Å². The lowest BCUT2D eigenvalue weighted by atomic mass is 10.2. The lowest BCUT2D eigenvalue weighted by Crippen LogP contribution is -2.17. The van der Waals surface area contributed by atoms with E-state index >= 15 is 0 Å². The molecule has 0 saturated heterocycles. The molecule has 0 aliphatic heterocycles. The van der Waals surface area contributed by atoms with Gasteiger partial charge in [-0.25, -0.2) is 9.97 Å². The number of hydrogen-bond donors (Lipinski definition) is 2. The maximum Gasteiger partial charge on any atom is 0.134 e. The van der Waals surface area contributed by atoms with E-state index in [1.165, 1.54) is 0 Å². The molecule has 0 aromatic carbocycles. The highest BCUT2D eigenvalue weighted by atomic mass is 15.1. The van der Waals surface area contributed by atoms with Crippen LogP contribution in [-0.4, -0.2) is 48.6 Å². The normalized spacial score (nSPS) is 10.9. The first-order valence-electron chi connectivity index (χ1n) is 7.58. The van der Waals surface area contributed by atoms with Gasteiger partial charge in [0.05, 0.1) is 0 Å². The van der Waals surface area contributed by atoms with Crippen LogP contribution in [0.2, 0.25) is 0 Å². The summed E-state index contributed by atoms with van der Waals surface area (Å²) < 4.78 is 0. The highest BCUT2D eigenvalue weighted by Crippen LogP contribution is 2.20. The quantitative estimate of drug-likeness (QED) is 0.680. The first-order chi connectivity index (χ1) is 9.58. The van der Waals surface area contributed by atoms with Gasteiger partial charge in [0.2, 0.25) is 0 Å². The fourth-order valence-electron chi connectivity index (χ4n) is 1.91. The van der Waals surface area contributed by atoms with Gasteiger partial charge in [-0.05, 0) is 40.4 Å². The average molecular weight is 279 g/mol. The van der Waals surface area contributed by atoms with Crippen molar-refractivity contribution < 1.29 is 0 Å². The SMILES string of the molecule is CCCNc1nc(CC)nc(NCCCN(C)C)c1C. The van der Waals surface area contributed by atoms with Crippen LogP contribution >= 0.6 is 0 Å². The number of anilines is 2. The smallest absolute Gasteiger partial charge is 0.134 e. The van der Waals surface area contributed by atoms with Gasteiger partial charge < -0.3 is 15.5 Å². The second-order valence-corrected chi connectivity index (χ2v) is 5.33. The molecule has 0 radical (unpaired) electrons. The van der Waals surface area contributed by atoms with E-state index in [-0.39, 0.29) is 0 Å². The molecular weight excluding hydrogens is 250 g/mol. The minimum atomic E-state index is 0.855. The van der Waals surface area contributed by atoms with Gasteiger partial charge >= 0.3 is 0 Å². The molecule has 0 fully saturated rings. The summed E-state index contributed by atoms with van der Waals surface area (Å²) in [5, 5.41) is 6.83. The minimum Gasteiger partial charge on any atom is -0.370 e. The molecule has 0 aliphatic rings. The lowest BCUT2D eigenvalue weighted by Gasteiger charge is -2.15. The standard InChI is InChI=1S/C15H29N5/c1-6-9-16-14-12(3)15(19-13(7-2)18-14)17-10-8-11-20(4)5/h6-11H2,1-5H3,(H2,16,17,18,19). The van der Waals surface area contributed by atoms with Crippen molar-refractivity contribution in [2.75, 3.05) is 44.4 Å². The van der Waals surface area contributed by atoms with E-state index in [4.69, 9.17) is 0 Å². The molecule has 2 N–H and O–H groups in total. The van der Waals surface area contributed by atoms with E-state index in [0.717, 1.165) is 61.9 Å². The van der Waals surface area contributed by atoms with Crippen LogP contribution in [0.25, 0.3) is 0 Å². The Morgan fingerprint density at radius 1 is 1.00 bits per heavy atom. The van der Waals surface area contributed by atoms with Crippen molar-refractivity contribution in [3.63, 3.8) is 0 Å². The largest absolute Gasteiger partial charge is 0.370 e. The lowest BCUT2D eigenvalue weighted by molar-refractivity contribution is 0.405. The van der Waals surface area contributed by atoms with Crippen molar-refractivity contribution in [2.24, 2.45) is 0 Å². The fraction of sp³-hybridized carbons (Fsp3) is 0.733. The predicted molar refractivity (Wildman–Crippen MR) is 86.6 cm³/mol. The maximum atomic E-state index is 4.60. The van der Waals surface area contributed by atoms with E-state index < -0.39 is 0 Å². The zero-order valence-corrected chi connectivity index (χ0v) is 13.6.